The Kier molecular flexibility index (Phi) is 5.35. The SMILES string of the molecule is CC(C)(O)Cn1c(Cc2ccccc2)nc2c(N)nc3c(Cc4ccccc4)cccc3c21. The predicted molar refractivity (Wildman–Crippen MR) is 134 cm³/mol. The largest absolute Gasteiger partial charge is 0.389 e. The molecule has 2 heterocycles. The number of pyridine rings is 1. The fraction of sp³-hybridized carbons (Fsp3) is 0.214. The fourth-order valence-corrected chi connectivity index (χ4v) is 4.47. The van der Waals surface area contributed by atoms with E-state index in [2.05, 4.69) is 59.2 Å². The van der Waals surface area contributed by atoms with Crippen LogP contribution in [0.25, 0.3) is 21.9 Å². The third-order valence-corrected chi connectivity index (χ3v) is 5.88. The number of nitrogen functional groups attached to an aromatic ring is 1. The molecular formula is C28H28N4O. The summed E-state index contributed by atoms with van der Waals surface area (Å²) in [5, 5.41) is 11.7. The van der Waals surface area contributed by atoms with Crippen LogP contribution in [0.5, 0.6) is 0 Å². The Morgan fingerprint density at radius 1 is 0.788 bits per heavy atom. The molecule has 0 aliphatic carbocycles. The minimum Gasteiger partial charge on any atom is -0.389 e. The maximum Gasteiger partial charge on any atom is 0.152 e. The van der Waals surface area contributed by atoms with Gasteiger partial charge in [-0.25, -0.2) is 9.97 Å². The van der Waals surface area contributed by atoms with Crippen LogP contribution in [0.3, 0.4) is 0 Å². The van der Waals surface area contributed by atoms with Crippen LogP contribution in [0.1, 0.15) is 36.4 Å². The van der Waals surface area contributed by atoms with Gasteiger partial charge in [0.1, 0.15) is 11.3 Å². The van der Waals surface area contributed by atoms with E-state index in [4.69, 9.17) is 15.7 Å². The van der Waals surface area contributed by atoms with Crippen LogP contribution in [-0.4, -0.2) is 25.2 Å². The van der Waals surface area contributed by atoms with E-state index in [9.17, 15) is 5.11 Å². The molecule has 5 heteroatoms. The summed E-state index contributed by atoms with van der Waals surface area (Å²) < 4.78 is 2.12. The van der Waals surface area contributed by atoms with E-state index in [0.29, 0.717) is 24.3 Å². The lowest BCUT2D eigenvalue weighted by atomic mass is 10.0. The summed E-state index contributed by atoms with van der Waals surface area (Å²) in [4.78, 5) is 9.72. The van der Waals surface area contributed by atoms with Crippen molar-refractivity contribution in [1.29, 1.82) is 0 Å². The first-order chi connectivity index (χ1) is 15.9. The molecule has 3 aromatic carbocycles. The van der Waals surface area contributed by atoms with E-state index in [-0.39, 0.29) is 0 Å². The van der Waals surface area contributed by atoms with Crippen molar-refractivity contribution in [2.24, 2.45) is 0 Å². The molecule has 0 radical (unpaired) electrons. The topological polar surface area (TPSA) is 77.0 Å². The lowest BCUT2D eigenvalue weighted by Crippen LogP contribution is -2.27. The summed E-state index contributed by atoms with van der Waals surface area (Å²) in [6.45, 7) is 4.05. The van der Waals surface area contributed by atoms with E-state index in [1.807, 2.05) is 38.1 Å². The monoisotopic (exact) mass is 436 g/mol. The molecule has 166 valence electrons. The summed E-state index contributed by atoms with van der Waals surface area (Å²) in [5.74, 6) is 1.29. The molecule has 5 aromatic rings. The number of anilines is 1. The highest BCUT2D eigenvalue weighted by molar-refractivity contribution is 6.07. The highest BCUT2D eigenvalue weighted by atomic mass is 16.3. The number of imidazole rings is 1. The molecule has 0 saturated heterocycles. The molecular weight excluding hydrogens is 408 g/mol. The highest BCUT2D eigenvalue weighted by Crippen LogP contribution is 2.32. The zero-order valence-electron chi connectivity index (χ0n) is 19.0. The number of hydrogen-bond donors (Lipinski definition) is 2. The van der Waals surface area contributed by atoms with Gasteiger partial charge in [-0.15, -0.1) is 0 Å². The van der Waals surface area contributed by atoms with Gasteiger partial charge in [0.2, 0.25) is 0 Å². The Morgan fingerprint density at radius 3 is 2.06 bits per heavy atom. The minimum absolute atomic E-state index is 0.410. The number of rotatable bonds is 6. The summed E-state index contributed by atoms with van der Waals surface area (Å²) in [7, 11) is 0. The summed E-state index contributed by atoms with van der Waals surface area (Å²) in [6.07, 6.45) is 1.42. The van der Waals surface area contributed by atoms with Crippen molar-refractivity contribution in [1.82, 2.24) is 14.5 Å². The van der Waals surface area contributed by atoms with Crippen LogP contribution in [-0.2, 0) is 19.4 Å². The number of aliphatic hydroxyl groups is 1. The normalized spacial score (nSPS) is 12.0. The molecule has 33 heavy (non-hydrogen) atoms. The maximum absolute atomic E-state index is 10.7. The number of hydrogen-bond acceptors (Lipinski definition) is 4. The van der Waals surface area contributed by atoms with E-state index in [0.717, 1.165) is 39.8 Å². The summed E-state index contributed by atoms with van der Waals surface area (Å²) in [5.41, 5.74) is 11.6. The summed E-state index contributed by atoms with van der Waals surface area (Å²) in [6, 6.07) is 26.9. The van der Waals surface area contributed by atoms with Crippen molar-refractivity contribution < 1.29 is 5.11 Å². The van der Waals surface area contributed by atoms with E-state index >= 15 is 0 Å². The minimum atomic E-state index is -0.912. The smallest absolute Gasteiger partial charge is 0.152 e. The van der Waals surface area contributed by atoms with Crippen LogP contribution in [0, 0.1) is 0 Å². The van der Waals surface area contributed by atoms with Crippen molar-refractivity contribution in [3.63, 3.8) is 0 Å². The number of aromatic nitrogens is 3. The molecule has 0 fully saturated rings. The number of nitrogens with zero attached hydrogens (tertiary/aromatic N) is 3. The van der Waals surface area contributed by atoms with Crippen molar-refractivity contribution in [3.05, 3.63) is 101 Å². The fourth-order valence-electron chi connectivity index (χ4n) is 4.47. The van der Waals surface area contributed by atoms with E-state index < -0.39 is 5.60 Å². The zero-order chi connectivity index (χ0) is 23.0. The Hall–Kier alpha value is -3.70. The molecule has 3 N–H and O–H groups in total. The van der Waals surface area contributed by atoms with Crippen molar-refractivity contribution in [2.75, 3.05) is 5.73 Å². The van der Waals surface area contributed by atoms with Gasteiger partial charge >= 0.3 is 0 Å². The predicted octanol–water partition coefficient (Wildman–Crippen LogP) is 5.12. The Bertz CT molecular complexity index is 1420. The lowest BCUT2D eigenvalue weighted by Gasteiger charge is -2.21. The van der Waals surface area contributed by atoms with Crippen LogP contribution < -0.4 is 5.73 Å². The molecule has 0 atom stereocenters. The second-order valence-electron chi connectivity index (χ2n) is 9.26. The van der Waals surface area contributed by atoms with Crippen molar-refractivity contribution in [3.8, 4) is 0 Å². The van der Waals surface area contributed by atoms with Gasteiger partial charge < -0.3 is 15.4 Å². The molecule has 0 amide bonds. The standard InChI is InChI=1S/C28H28N4O/c1-28(2,33)18-32-23(17-20-12-7-4-8-13-20)30-25-26(32)22-15-9-14-21(24(22)31-27(25)29)16-19-10-5-3-6-11-19/h3-15,33H,16-18H2,1-2H3,(H2,29,31). The highest BCUT2D eigenvalue weighted by Gasteiger charge is 2.23. The molecule has 0 aliphatic heterocycles. The molecule has 5 nitrogen and oxygen atoms in total. The van der Waals surface area contributed by atoms with Crippen LogP contribution in [0.4, 0.5) is 5.82 Å². The second-order valence-corrected chi connectivity index (χ2v) is 9.26. The Morgan fingerprint density at radius 2 is 1.42 bits per heavy atom. The van der Waals surface area contributed by atoms with Crippen LogP contribution in [0.15, 0.2) is 78.9 Å². The van der Waals surface area contributed by atoms with Gasteiger partial charge in [0.15, 0.2) is 5.82 Å². The maximum atomic E-state index is 10.7. The third kappa shape index (κ3) is 4.32. The first-order valence-electron chi connectivity index (χ1n) is 11.3. The lowest BCUT2D eigenvalue weighted by molar-refractivity contribution is 0.0619. The Balaban J connectivity index is 1.73. The first kappa shape index (κ1) is 21.2. The Labute approximate surface area is 193 Å². The number of para-hydroxylation sites is 1. The van der Waals surface area contributed by atoms with Gasteiger partial charge in [-0.2, -0.15) is 0 Å². The third-order valence-electron chi connectivity index (χ3n) is 5.88. The molecule has 0 unspecified atom stereocenters. The van der Waals surface area contributed by atoms with Gasteiger partial charge in [0.25, 0.3) is 0 Å². The van der Waals surface area contributed by atoms with E-state index in [1.165, 1.54) is 5.56 Å². The number of benzene rings is 3. The van der Waals surface area contributed by atoms with E-state index in [1.54, 1.807) is 0 Å². The van der Waals surface area contributed by atoms with Gasteiger partial charge in [0.05, 0.1) is 23.2 Å². The first-order valence-corrected chi connectivity index (χ1v) is 11.3. The van der Waals surface area contributed by atoms with Gasteiger partial charge in [-0.05, 0) is 37.0 Å². The van der Waals surface area contributed by atoms with Gasteiger partial charge in [-0.1, -0.05) is 78.9 Å². The molecule has 0 saturated carbocycles. The molecule has 0 spiro atoms. The molecule has 0 bridgehead atoms. The second kappa shape index (κ2) is 8.34. The zero-order valence-corrected chi connectivity index (χ0v) is 19.0. The van der Waals surface area contributed by atoms with Gasteiger partial charge in [-0.3, -0.25) is 0 Å². The average Bonchev–Trinajstić information content (AvgIpc) is 3.13. The van der Waals surface area contributed by atoms with Crippen molar-refractivity contribution in [2.45, 2.75) is 38.8 Å². The molecule has 0 aliphatic rings. The van der Waals surface area contributed by atoms with Crippen molar-refractivity contribution >= 4 is 27.8 Å². The number of fused-ring (bicyclic) bond motifs is 3. The molecule has 5 rings (SSSR count). The average molecular weight is 437 g/mol. The van der Waals surface area contributed by atoms with Crippen LogP contribution >= 0.6 is 0 Å². The summed E-state index contributed by atoms with van der Waals surface area (Å²) >= 11 is 0. The van der Waals surface area contributed by atoms with Crippen LogP contribution in [0.2, 0.25) is 0 Å². The number of nitrogens with two attached hydrogens (primary N) is 1. The molecule has 2 aromatic heterocycles. The quantitative estimate of drug-likeness (QED) is 0.387. The van der Waals surface area contributed by atoms with Gasteiger partial charge in [0, 0.05) is 11.8 Å².